The van der Waals surface area contributed by atoms with E-state index in [-0.39, 0.29) is 23.7 Å². The van der Waals surface area contributed by atoms with Gasteiger partial charge in [0.05, 0.1) is 25.9 Å². The number of hydrogen-bond donors (Lipinski definition) is 2. The van der Waals surface area contributed by atoms with Crippen LogP contribution in [0.2, 0.25) is 0 Å². The molecule has 2 rings (SSSR count). The summed E-state index contributed by atoms with van der Waals surface area (Å²) in [6.07, 6.45) is 1.87. The minimum atomic E-state index is -0.666. The Hall–Kier alpha value is -1.83. The van der Waals surface area contributed by atoms with E-state index in [0.29, 0.717) is 19.6 Å². The highest BCUT2D eigenvalue weighted by Crippen LogP contribution is 2.02. The number of nitrogens with one attached hydrogen (secondary N) is 1. The maximum atomic E-state index is 11.9. The van der Waals surface area contributed by atoms with Crippen molar-refractivity contribution >= 4 is 26.2 Å². The van der Waals surface area contributed by atoms with Crippen LogP contribution in [0.15, 0.2) is 15.9 Å². The highest BCUT2D eigenvalue weighted by molar-refractivity contribution is 7.16. The number of imidazole rings is 1. The van der Waals surface area contributed by atoms with Gasteiger partial charge in [-0.3, -0.25) is 14.6 Å². The van der Waals surface area contributed by atoms with Gasteiger partial charge in [-0.15, -0.1) is 9.24 Å². The Balaban J connectivity index is 2.28. The molecule has 108 valence electrons. The molecule has 0 fully saturated rings. The van der Waals surface area contributed by atoms with Gasteiger partial charge in [-0.1, -0.05) is 0 Å². The number of anilines is 1. The smallest absolute Gasteiger partial charge is 0.301 e. The van der Waals surface area contributed by atoms with E-state index in [1.807, 2.05) is 0 Å². The van der Waals surface area contributed by atoms with E-state index in [1.54, 1.807) is 0 Å². The van der Waals surface area contributed by atoms with Crippen LogP contribution in [0.3, 0.4) is 0 Å². The first-order valence-electron chi connectivity index (χ1n) is 5.74. The molecule has 2 heterocycles. The number of nitrogens with zero attached hydrogens (tertiary/aromatic N) is 3. The second-order valence-electron chi connectivity index (χ2n) is 3.78. The summed E-state index contributed by atoms with van der Waals surface area (Å²) in [6.45, 7) is 0.861. The predicted octanol–water partition coefficient (Wildman–Crippen LogP) is -1.11. The summed E-state index contributed by atoms with van der Waals surface area (Å²) in [4.78, 5) is 33.3. The predicted molar refractivity (Wildman–Crippen MR) is 75.3 cm³/mol. The molecule has 1 unspecified atom stereocenters. The molecule has 0 aliphatic rings. The van der Waals surface area contributed by atoms with Crippen molar-refractivity contribution in [1.29, 1.82) is 0 Å². The Bertz CT molecular complexity index is 713. The number of aromatic nitrogens is 4. The normalized spacial score (nSPS) is 11.1. The van der Waals surface area contributed by atoms with Gasteiger partial charge < -0.3 is 19.8 Å². The molecular weight excluding hydrogens is 285 g/mol. The van der Waals surface area contributed by atoms with Crippen LogP contribution in [-0.4, -0.2) is 39.1 Å². The molecule has 9 nitrogen and oxygen atoms in total. The van der Waals surface area contributed by atoms with Crippen molar-refractivity contribution in [2.24, 2.45) is 0 Å². The quantitative estimate of drug-likeness (QED) is 0.511. The molecule has 2 aromatic rings. The summed E-state index contributed by atoms with van der Waals surface area (Å²) in [5, 5.41) is 0. The molecule has 2 aromatic heterocycles. The van der Waals surface area contributed by atoms with Crippen LogP contribution in [0.1, 0.15) is 0 Å². The van der Waals surface area contributed by atoms with E-state index < -0.39 is 11.1 Å². The lowest BCUT2D eigenvalue weighted by Crippen LogP contribution is -2.13. The van der Waals surface area contributed by atoms with Gasteiger partial charge in [0, 0.05) is 0 Å². The van der Waals surface area contributed by atoms with E-state index in [2.05, 4.69) is 24.2 Å². The van der Waals surface area contributed by atoms with Gasteiger partial charge in [-0.25, -0.2) is 4.98 Å². The molecule has 0 bridgehead atoms. The molecule has 0 spiro atoms. The third-order valence-corrected chi connectivity index (χ3v) is 2.67. The molecule has 0 aliphatic carbocycles. The Kier molecular flexibility index (Phi) is 4.78. The second-order valence-corrected chi connectivity index (χ2v) is 4.11. The highest BCUT2D eigenvalue weighted by Gasteiger charge is 2.10. The minimum Gasteiger partial charge on any atom is -0.375 e. The SMILES string of the molecule is Nc1nc(=O)c2ncn(COCCOCP)c2c(=O)[nH]1. The van der Waals surface area contributed by atoms with E-state index in [4.69, 9.17) is 15.2 Å². The van der Waals surface area contributed by atoms with Gasteiger partial charge in [-0.2, -0.15) is 4.98 Å². The molecule has 1 atom stereocenters. The van der Waals surface area contributed by atoms with Crippen LogP contribution in [0.25, 0.3) is 11.0 Å². The van der Waals surface area contributed by atoms with Crippen molar-refractivity contribution < 1.29 is 9.47 Å². The summed E-state index contributed by atoms with van der Waals surface area (Å²) in [6, 6.07) is 0. The molecule has 0 saturated carbocycles. The average Bonchev–Trinajstić information content (AvgIpc) is 2.77. The number of fused-ring (bicyclic) bond motifs is 1. The van der Waals surface area contributed by atoms with Crippen molar-refractivity contribution in [2.75, 3.05) is 25.3 Å². The molecule has 3 N–H and O–H groups in total. The maximum Gasteiger partial charge on any atom is 0.301 e. The molecule has 0 radical (unpaired) electrons. The van der Waals surface area contributed by atoms with Gasteiger partial charge in [0.1, 0.15) is 12.2 Å². The van der Waals surface area contributed by atoms with Gasteiger partial charge in [-0.05, 0) is 0 Å². The molecular formula is C10H14N5O4P. The van der Waals surface area contributed by atoms with Crippen molar-refractivity contribution in [3.8, 4) is 0 Å². The van der Waals surface area contributed by atoms with E-state index in [9.17, 15) is 9.59 Å². The maximum absolute atomic E-state index is 11.9. The fourth-order valence-electron chi connectivity index (χ4n) is 1.60. The average molecular weight is 299 g/mol. The molecule has 0 aliphatic heterocycles. The summed E-state index contributed by atoms with van der Waals surface area (Å²) < 4.78 is 11.8. The number of nitrogens with two attached hydrogens (primary N) is 1. The highest BCUT2D eigenvalue weighted by atomic mass is 31.0. The fraction of sp³-hybridized carbons (Fsp3) is 0.400. The van der Waals surface area contributed by atoms with Gasteiger partial charge >= 0.3 is 5.56 Å². The summed E-state index contributed by atoms with van der Waals surface area (Å²) in [7, 11) is 2.43. The van der Waals surface area contributed by atoms with Crippen LogP contribution >= 0.6 is 9.24 Å². The zero-order chi connectivity index (χ0) is 14.5. The van der Waals surface area contributed by atoms with Crippen LogP contribution in [0.5, 0.6) is 0 Å². The molecule has 20 heavy (non-hydrogen) atoms. The molecule has 0 saturated heterocycles. The fourth-order valence-corrected chi connectivity index (χ4v) is 1.77. The topological polar surface area (TPSA) is 125 Å². The second kappa shape index (κ2) is 6.56. The van der Waals surface area contributed by atoms with Crippen LogP contribution < -0.4 is 16.9 Å². The number of rotatable bonds is 6. The largest absolute Gasteiger partial charge is 0.375 e. The van der Waals surface area contributed by atoms with Crippen LogP contribution in [-0.2, 0) is 16.2 Å². The van der Waals surface area contributed by atoms with Gasteiger partial charge in [0.15, 0.2) is 5.52 Å². The van der Waals surface area contributed by atoms with Crippen LogP contribution in [0, 0.1) is 0 Å². The van der Waals surface area contributed by atoms with E-state index in [0.717, 1.165) is 0 Å². The summed E-state index contributed by atoms with van der Waals surface area (Å²) in [5.41, 5.74) is 4.18. The number of ether oxygens (including phenoxy) is 2. The van der Waals surface area contributed by atoms with Gasteiger partial charge in [0.25, 0.3) is 5.56 Å². The Morgan fingerprint density at radius 1 is 1.35 bits per heavy atom. The van der Waals surface area contributed by atoms with Crippen molar-refractivity contribution in [3.05, 3.63) is 27.0 Å². The number of nitrogen functional groups attached to an aromatic ring is 1. The molecule has 0 amide bonds. The first-order valence-corrected chi connectivity index (χ1v) is 6.55. The van der Waals surface area contributed by atoms with Crippen molar-refractivity contribution in [1.82, 2.24) is 19.5 Å². The zero-order valence-corrected chi connectivity index (χ0v) is 11.7. The number of H-pyrrole nitrogens is 1. The van der Waals surface area contributed by atoms with Crippen molar-refractivity contribution in [3.63, 3.8) is 0 Å². The molecule has 10 heteroatoms. The monoisotopic (exact) mass is 299 g/mol. The third kappa shape index (κ3) is 3.19. The summed E-state index contributed by atoms with van der Waals surface area (Å²) in [5.74, 6) is -0.251. The summed E-state index contributed by atoms with van der Waals surface area (Å²) >= 11 is 0. The van der Waals surface area contributed by atoms with Crippen LogP contribution in [0.4, 0.5) is 5.95 Å². The van der Waals surface area contributed by atoms with Gasteiger partial charge in [0.2, 0.25) is 5.95 Å². The first kappa shape index (κ1) is 14.6. The lowest BCUT2D eigenvalue weighted by Gasteiger charge is -2.05. The Morgan fingerprint density at radius 2 is 2.10 bits per heavy atom. The molecule has 0 aromatic carbocycles. The Morgan fingerprint density at radius 3 is 2.85 bits per heavy atom. The first-order chi connectivity index (χ1) is 9.63. The minimum absolute atomic E-state index is 0.0484. The standard InChI is InChI=1S/C10H14N5O4P/c11-10-13-8(16)6-7(9(17)14-10)15(3-12-6)4-18-1-2-19-5-20/h3H,1-2,4-5,20H2,(H3,11,13,14,16,17). The lowest BCUT2D eigenvalue weighted by molar-refractivity contribution is 0.0321. The third-order valence-electron chi connectivity index (χ3n) is 2.44. The van der Waals surface area contributed by atoms with E-state index in [1.165, 1.54) is 10.9 Å². The Labute approximate surface area is 115 Å². The number of aromatic amines is 1. The van der Waals surface area contributed by atoms with Crippen molar-refractivity contribution in [2.45, 2.75) is 6.73 Å². The van der Waals surface area contributed by atoms with E-state index >= 15 is 0 Å². The number of hydrogen-bond acceptors (Lipinski definition) is 7. The zero-order valence-electron chi connectivity index (χ0n) is 10.5. The lowest BCUT2D eigenvalue weighted by atomic mass is 10.5.